The predicted octanol–water partition coefficient (Wildman–Crippen LogP) is 6.13. The summed E-state index contributed by atoms with van der Waals surface area (Å²) >= 11 is 4.60. The quantitative estimate of drug-likeness (QED) is 0.0863. The van der Waals surface area contributed by atoms with E-state index in [1.54, 1.807) is 24.3 Å². The molecule has 0 saturated carbocycles. The number of fused-ring (bicyclic) bond motifs is 3. The number of phenols is 4. The zero-order chi connectivity index (χ0) is 24.7. The predicted molar refractivity (Wildman–Crippen MR) is 153 cm³/mol. The molecule has 1 aliphatic carbocycles. The van der Waals surface area contributed by atoms with Crippen LogP contribution in [-0.2, 0) is 38.6 Å². The summed E-state index contributed by atoms with van der Waals surface area (Å²) in [6.45, 7) is 0. The van der Waals surface area contributed by atoms with E-state index in [1.165, 1.54) is 24.6 Å². The summed E-state index contributed by atoms with van der Waals surface area (Å²) in [5.41, 5.74) is 3.16. The van der Waals surface area contributed by atoms with Gasteiger partial charge in [0.2, 0.25) is 5.66 Å². The van der Waals surface area contributed by atoms with E-state index in [0.717, 1.165) is 29.4 Å². The molecule has 0 saturated heterocycles. The number of phenolic OH excluding ortho intramolecular Hbond substituents is 4. The van der Waals surface area contributed by atoms with Gasteiger partial charge in [-0.25, -0.2) is 0 Å². The molecule has 0 bridgehead atoms. The van der Waals surface area contributed by atoms with Crippen LogP contribution in [0.5, 0.6) is 23.0 Å². The van der Waals surface area contributed by atoms with Gasteiger partial charge in [-0.1, -0.05) is 36.4 Å². The van der Waals surface area contributed by atoms with Gasteiger partial charge in [0.05, 0.1) is 0 Å². The second kappa shape index (κ2) is 11.7. The van der Waals surface area contributed by atoms with E-state index in [2.05, 4.69) is 45.2 Å². The standard InChI is InChI=1S/C27H18I2N2O4.2Ni/c28-19-9-3-7-17-23(19)24-18(8-4-10-20(24)29)27(17,30-13-15-5-1-11-21(32)25(15)34)31-14-16-6-2-12-22(33)26(16)35;;/h1-14,32-35H;;/b30-13+,31-14+;;. The Morgan fingerprint density at radius 2 is 0.946 bits per heavy atom. The molecule has 0 heterocycles. The second-order valence-corrected chi connectivity index (χ2v) is 10.3. The number of benzene rings is 4. The summed E-state index contributed by atoms with van der Waals surface area (Å²) in [6, 6.07) is 21.2. The molecule has 0 spiro atoms. The van der Waals surface area contributed by atoms with E-state index in [4.69, 9.17) is 9.98 Å². The van der Waals surface area contributed by atoms with Gasteiger partial charge >= 0.3 is 0 Å². The minimum atomic E-state index is -1.23. The molecule has 4 aromatic rings. The van der Waals surface area contributed by atoms with Crippen LogP contribution in [0.2, 0.25) is 0 Å². The molecule has 194 valence electrons. The monoisotopic (exact) mass is 804 g/mol. The Labute approximate surface area is 260 Å². The molecular weight excluding hydrogens is 788 g/mol. The molecule has 4 aromatic carbocycles. The molecule has 0 amide bonds. The van der Waals surface area contributed by atoms with Crippen LogP contribution in [0.4, 0.5) is 0 Å². The minimum absolute atomic E-state index is 0. The van der Waals surface area contributed by atoms with Crippen LogP contribution < -0.4 is 0 Å². The average molecular weight is 806 g/mol. The largest absolute Gasteiger partial charge is 0.504 e. The Balaban J connectivity index is 0.00000190. The van der Waals surface area contributed by atoms with E-state index >= 15 is 0 Å². The van der Waals surface area contributed by atoms with Crippen LogP contribution >= 0.6 is 45.2 Å². The summed E-state index contributed by atoms with van der Waals surface area (Å²) < 4.78 is 2.08. The molecular formula is C27H18I2N2Ni2O4. The van der Waals surface area contributed by atoms with Crippen molar-refractivity contribution in [2.45, 2.75) is 5.66 Å². The zero-order valence-corrected chi connectivity index (χ0v) is 24.9. The Morgan fingerprint density at radius 1 is 0.568 bits per heavy atom. The molecule has 0 radical (unpaired) electrons. The molecule has 10 heteroatoms. The van der Waals surface area contributed by atoms with E-state index in [9.17, 15) is 20.4 Å². The Bertz CT molecular complexity index is 1430. The maximum Gasteiger partial charge on any atom is 0.202 e. The first kappa shape index (κ1) is 29.4. The number of para-hydroxylation sites is 2. The van der Waals surface area contributed by atoms with Crippen molar-refractivity contribution in [3.8, 4) is 34.1 Å². The van der Waals surface area contributed by atoms with Crippen molar-refractivity contribution in [1.82, 2.24) is 0 Å². The normalized spacial score (nSPS) is 13.1. The van der Waals surface area contributed by atoms with Gasteiger partial charge in [-0.2, -0.15) is 0 Å². The average Bonchev–Trinajstić information content (AvgIpc) is 3.13. The topological polar surface area (TPSA) is 106 Å². The molecule has 0 fully saturated rings. The van der Waals surface area contributed by atoms with E-state index < -0.39 is 5.66 Å². The first-order chi connectivity index (χ1) is 16.8. The summed E-state index contributed by atoms with van der Waals surface area (Å²) in [4.78, 5) is 9.83. The second-order valence-electron chi connectivity index (χ2n) is 7.94. The molecule has 6 nitrogen and oxygen atoms in total. The fraction of sp³-hybridized carbons (Fsp3) is 0.0370. The van der Waals surface area contributed by atoms with Crippen molar-refractivity contribution in [2.24, 2.45) is 9.98 Å². The van der Waals surface area contributed by atoms with E-state index in [-0.39, 0.29) is 56.0 Å². The molecule has 0 unspecified atom stereocenters. The fourth-order valence-electron chi connectivity index (χ4n) is 4.23. The summed E-state index contributed by atoms with van der Waals surface area (Å²) in [7, 11) is 0. The van der Waals surface area contributed by atoms with Gasteiger partial charge in [0.15, 0.2) is 23.0 Å². The van der Waals surface area contributed by atoms with Gasteiger partial charge in [-0.3, -0.25) is 9.98 Å². The van der Waals surface area contributed by atoms with Gasteiger partial charge in [0.25, 0.3) is 0 Å². The van der Waals surface area contributed by atoms with Crippen molar-refractivity contribution in [1.29, 1.82) is 0 Å². The summed E-state index contributed by atoms with van der Waals surface area (Å²) in [6.07, 6.45) is 2.99. The minimum Gasteiger partial charge on any atom is -0.504 e. The number of hydrogen-bond donors (Lipinski definition) is 4. The number of hydrogen-bond acceptors (Lipinski definition) is 6. The third-order valence-corrected chi connectivity index (χ3v) is 7.70. The van der Waals surface area contributed by atoms with Gasteiger partial charge < -0.3 is 20.4 Å². The molecule has 0 aromatic heterocycles. The molecule has 0 atom stereocenters. The van der Waals surface area contributed by atoms with Crippen molar-refractivity contribution < 1.29 is 53.4 Å². The van der Waals surface area contributed by atoms with Crippen molar-refractivity contribution in [3.05, 3.63) is 102 Å². The van der Waals surface area contributed by atoms with Gasteiger partial charge in [0, 0.05) is 85.9 Å². The maximum atomic E-state index is 10.4. The van der Waals surface area contributed by atoms with Crippen molar-refractivity contribution >= 4 is 57.6 Å². The number of halogens is 2. The van der Waals surface area contributed by atoms with Gasteiger partial charge in [0.1, 0.15) is 0 Å². The van der Waals surface area contributed by atoms with Crippen LogP contribution in [-0.4, -0.2) is 32.9 Å². The number of nitrogens with zero attached hydrogens (tertiary/aromatic N) is 2. The van der Waals surface area contributed by atoms with E-state index in [0.29, 0.717) is 11.1 Å². The zero-order valence-electron chi connectivity index (χ0n) is 18.7. The Kier molecular flexibility index (Phi) is 9.32. The summed E-state index contributed by atoms with van der Waals surface area (Å²) in [5.74, 6) is -1.03. The van der Waals surface area contributed by atoms with Crippen LogP contribution in [0, 0.1) is 7.14 Å². The number of aliphatic imine (C=N–C) groups is 2. The summed E-state index contributed by atoms with van der Waals surface area (Å²) in [5, 5.41) is 40.6. The number of aromatic hydroxyl groups is 4. The molecule has 4 N–H and O–H groups in total. The third-order valence-electron chi connectivity index (χ3n) is 5.90. The smallest absolute Gasteiger partial charge is 0.202 e. The van der Waals surface area contributed by atoms with E-state index in [1.807, 2.05) is 36.4 Å². The van der Waals surface area contributed by atoms with Crippen LogP contribution in [0.1, 0.15) is 22.3 Å². The van der Waals surface area contributed by atoms with Crippen LogP contribution in [0.3, 0.4) is 0 Å². The number of rotatable bonds is 4. The SMILES string of the molecule is Oc1cccc(/C=N/C2(/N=C/c3cccc(O)c3O)c3cccc(I)c3-c3c(I)cccc32)c1O.[Ni].[Ni]. The molecule has 1 aliphatic rings. The first-order valence-corrected chi connectivity index (χ1v) is 12.7. The maximum absolute atomic E-state index is 10.4. The fourth-order valence-corrected chi connectivity index (χ4v) is 5.76. The third kappa shape index (κ3) is 5.13. The molecule has 37 heavy (non-hydrogen) atoms. The van der Waals surface area contributed by atoms with Gasteiger partial charge in [-0.15, -0.1) is 0 Å². The Hall–Kier alpha value is -2.13. The van der Waals surface area contributed by atoms with Crippen LogP contribution in [0.15, 0.2) is 82.8 Å². The molecule has 5 rings (SSSR count). The first-order valence-electron chi connectivity index (χ1n) is 10.5. The Morgan fingerprint density at radius 3 is 1.35 bits per heavy atom. The van der Waals surface area contributed by atoms with Crippen molar-refractivity contribution in [3.63, 3.8) is 0 Å². The van der Waals surface area contributed by atoms with Crippen molar-refractivity contribution in [2.75, 3.05) is 0 Å². The van der Waals surface area contributed by atoms with Crippen LogP contribution in [0.25, 0.3) is 11.1 Å². The molecule has 0 aliphatic heterocycles. The van der Waals surface area contributed by atoms with Gasteiger partial charge in [-0.05, 0) is 81.6 Å².